The van der Waals surface area contributed by atoms with Crippen LogP contribution in [-0.2, 0) is 0 Å². The molecule has 0 radical (unpaired) electrons. The molecule has 0 aromatic carbocycles. The largest absolute Gasteiger partial charge is 0.330 e. The second kappa shape index (κ2) is 5.10. The van der Waals surface area contributed by atoms with Gasteiger partial charge in [-0.1, -0.05) is 0 Å². The lowest BCUT2D eigenvalue weighted by atomic mass is 9.97. The van der Waals surface area contributed by atoms with Crippen LogP contribution in [0.2, 0.25) is 0 Å². The van der Waals surface area contributed by atoms with Gasteiger partial charge in [0.05, 0.1) is 0 Å². The van der Waals surface area contributed by atoms with Gasteiger partial charge in [0.1, 0.15) is 0 Å². The van der Waals surface area contributed by atoms with Crippen LogP contribution < -0.4 is 11.1 Å². The van der Waals surface area contributed by atoms with Crippen molar-refractivity contribution in [3.63, 3.8) is 0 Å². The summed E-state index contributed by atoms with van der Waals surface area (Å²) in [7, 11) is 0. The highest BCUT2D eigenvalue weighted by molar-refractivity contribution is 4.88. The number of hydrogen-bond donors (Lipinski definition) is 2. The average molecular weight is 197 g/mol. The molecule has 0 aromatic rings. The van der Waals surface area contributed by atoms with Gasteiger partial charge in [-0.25, -0.2) is 0 Å². The molecule has 2 fully saturated rings. The SMILES string of the molecule is NCCCNC1CCN2CCCC2C1. The molecule has 0 saturated carbocycles. The third-order valence-corrected chi connectivity index (χ3v) is 3.63. The minimum atomic E-state index is 0.765. The van der Waals surface area contributed by atoms with Crippen molar-refractivity contribution in [2.75, 3.05) is 26.2 Å². The van der Waals surface area contributed by atoms with Crippen LogP contribution in [0.15, 0.2) is 0 Å². The van der Waals surface area contributed by atoms with Crippen LogP contribution in [0, 0.1) is 0 Å². The minimum absolute atomic E-state index is 0.765. The molecule has 3 nitrogen and oxygen atoms in total. The Morgan fingerprint density at radius 1 is 1.29 bits per heavy atom. The monoisotopic (exact) mass is 197 g/mol. The van der Waals surface area contributed by atoms with Crippen molar-refractivity contribution >= 4 is 0 Å². The predicted octanol–water partition coefficient (Wildman–Crippen LogP) is 0.552. The number of fused-ring (bicyclic) bond motifs is 1. The van der Waals surface area contributed by atoms with Crippen molar-refractivity contribution in [1.82, 2.24) is 10.2 Å². The molecule has 3 heteroatoms. The van der Waals surface area contributed by atoms with E-state index in [9.17, 15) is 0 Å². The normalized spacial score (nSPS) is 33.2. The van der Waals surface area contributed by atoms with Gasteiger partial charge in [0.25, 0.3) is 0 Å². The van der Waals surface area contributed by atoms with Crippen molar-refractivity contribution in [3.05, 3.63) is 0 Å². The summed E-state index contributed by atoms with van der Waals surface area (Å²) in [6.45, 7) is 4.58. The summed E-state index contributed by atoms with van der Waals surface area (Å²) in [4.78, 5) is 2.67. The van der Waals surface area contributed by atoms with Crippen molar-refractivity contribution < 1.29 is 0 Å². The van der Waals surface area contributed by atoms with E-state index in [2.05, 4.69) is 10.2 Å². The molecule has 0 bridgehead atoms. The highest BCUT2D eigenvalue weighted by Crippen LogP contribution is 2.26. The van der Waals surface area contributed by atoms with Crippen LogP contribution in [0.4, 0.5) is 0 Å². The lowest BCUT2D eigenvalue weighted by molar-refractivity contribution is 0.167. The Morgan fingerprint density at radius 3 is 3.07 bits per heavy atom. The van der Waals surface area contributed by atoms with E-state index in [1.807, 2.05) is 0 Å². The Labute approximate surface area is 87.0 Å². The second-order valence-electron chi connectivity index (χ2n) is 4.65. The summed E-state index contributed by atoms with van der Waals surface area (Å²) in [5.74, 6) is 0. The lowest BCUT2D eigenvalue weighted by Gasteiger charge is -2.35. The highest BCUT2D eigenvalue weighted by Gasteiger charge is 2.30. The fourth-order valence-electron chi connectivity index (χ4n) is 2.82. The molecule has 2 heterocycles. The minimum Gasteiger partial charge on any atom is -0.330 e. The van der Waals surface area contributed by atoms with Gasteiger partial charge in [-0.2, -0.15) is 0 Å². The Balaban J connectivity index is 1.69. The van der Waals surface area contributed by atoms with Crippen molar-refractivity contribution in [2.45, 2.75) is 44.2 Å². The van der Waals surface area contributed by atoms with E-state index in [4.69, 9.17) is 5.73 Å². The zero-order valence-corrected chi connectivity index (χ0v) is 9.04. The molecule has 2 aliphatic heterocycles. The fraction of sp³-hybridized carbons (Fsp3) is 1.00. The molecule has 2 saturated heterocycles. The number of nitrogens with one attached hydrogen (secondary N) is 1. The second-order valence-corrected chi connectivity index (χ2v) is 4.65. The molecule has 0 aliphatic carbocycles. The number of nitrogens with zero attached hydrogens (tertiary/aromatic N) is 1. The van der Waals surface area contributed by atoms with E-state index < -0.39 is 0 Å². The topological polar surface area (TPSA) is 41.3 Å². The summed E-state index contributed by atoms with van der Waals surface area (Å²) < 4.78 is 0. The zero-order valence-electron chi connectivity index (χ0n) is 9.04. The smallest absolute Gasteiger partial charge is 0.0111 e. The summed E-state index contributed by atoms with van der Waals surface area (Å²) in [5, 5.41) is 3.63. The molecule has 0 spiro atoms. The number of piperidine rings is 1. The molecule has 0 amide bonds. The first-order chi connectivity index (χ1) is 6.90. The quantitative estimate of drug-likeness (QED) is 0.647. The molecular formula is C11H23N3. The van der Waals surface area contributed by atoms with Gasteiger partial charge in [-0.05, 0) is 58.3 Å². The Hall–Kier alpha value is -0.120. The van der Waals surface area contributed by atoms with Crippen LogP contribution in [0.3, 0.4) is 0 Å². The summed E-state index contributed by atoms with van der Waals surface area (Å²) >= 11 is 0. The van der Waals surface area contributed by atoms with E-state index in [0.29, 0.717) is 0 Å². The first-order valence-corrected chi connectivity index (χ1v) is 6.07. The van der Waals surface area contributed by atoms with Gasteiger partial charge in [0, 0.05) is 12.1 Å². The Bertz CT molecular complexity index is 172. The maximum Gasteiger partial charge on any atom is 0.0111 e. The zero-order chi connectivity index (χ0) is 9.80. The van der Waals surface area contributed by atoms with Crippen LogP contribution >= 0.6 is 0 Å². The Kier molecular flexibility index (Phi) is 3.79. The number of rotatable bonds is 4. The highest BCUT2D eigenvalue weighted by atomic mass is 15.2. The fourth-order valence-corrected chi connectivity index (χ4v) is 2.82. The molecule has 14 heavy (non-hydrogen) atoms. The van der Waals surface area contributed by atoms with E-state index in [1.165, 1.54) is 38.8 Å². The first kappa shape index (κ1) is 10.4. The molecule has 0 aromatic heterocycles. The van der Waals surface area contributed by atoms with E-state index >= 15 is 0 Å². The maximum atomic E-state index is 5.48. The van der Waals surface area contributed by atoms with E-state index in [0.717, 1.165) is 31.6 Å². The molecule has 82 valence electrons. The maximum absolute atomic E-state index is 5.48. The number of nitrogens with two attached hydrogens (primary N) is 1. The van der Waals surface area contributed by atoms with Crippen LogP contribution in [0.1, 0.15) is 32.1 Å². The molecule has 2 rings (SSSR count). The molecule has 2 aliphatic rings. The molecular weight excluding hydrogens is 174 g/mol. The van der Waals surface area contributed by atoms with Gasteiger partial charge in [0.2, 0.25) is 0 Å². The third-order valence-electron chi connectivity index (χ3n) is 3.63. The summed E-state index contributed by atoms with van der Waals surface area (Å²) in [6, 6.07) is 1.65. The van der Waals surface area contributed by atoms with Gasteiger partial charge < -0.3 is 16.0 Å². The van der Waals surface area contributed by atoms with Gasteiger partial charge in [0.15, 0.2) is 0 Å². The van der Waals surface area contributed by atoms with Crippen LogP contribution in [-0.4, -0.2) is 43.2 Å². The van der Waals surface area contributed by atoms with Crippen molar-refractivity contribution in [1.29, 1.82) is 0 Å². The van der Waals surface area contributed by atoms with E-state index in [1.54, 1.807) is 0 Å². The van der Waals surface area contributed by atoms with Crippen LogP contribution in [0.25, 0.3) is 0 Å². The first-order valence-electron chi connectivity index (χ1n) is 6.07. The van der Waals surface area contributed by atoms with Crippen molar-refractivity contribution in [3.8, 4) is 0 Å². The average Bonchev–Trinajstić information content (AvgIpc) is 2.65. The molecule has 3 N–H and O–H groups in total. The third kappa shape index (κ3) is 2.47. The Morgan fingerprint density at radius 2 is 2.21 bits per heavy atom. The summed E-state index contributed by atoms with van der Waals surface area (Å²) in [5.41, 5.74) is 5.48. The van der Waals surface area contributed by atoms with Gasteiger partial charge in [-0.3, -0.25) is 0 Å². The summed E-state index contributed by atoms with van der Waals surface area (Å²) in [6.07, 6.45) is 6.66. The predicted molar refractivity (Wildman–Crippen MR) is 59.3 cm³/mol. The van der Waals surface area contributed by atoms with E-state index in [-0.39, 0.29) is 0 Å². The van der Waals surface area contributed by atoms with Gasteiger partial charge in [-0.15, -0.1) is 0 Å². The van der Waals surface area contributed by atoms with Crippen LogP contribution in [0.5, 0.6) is 0 Å². The molecule has 2 unspecified atom stereocenters. The number of hydrogen-bond acceptors (Lipinski definition) is 3. The van der Waals surface area contributed by atoms with Gasteiger partial charge >= 0.3 is 0 Å². The lowest BCUT2D eigenvalue weighted by Crippen LogP contribution is -2.46. The standard InChI is InChI=1S/C11H23N3/c12-5-2-6-13-10-4-8-14-7-1-3-11(14)9-10/h10-11,13H,1-9,12H2. The molecule has 2 atom stereocenters. The van der Waals surface area contributed by atoms with Crippen molar-refractivity contribution in [2.24, 2.45) is 5.73 Å².